The summed E-state index contributed by atoms with van der Waals surface area (Å²) in [6.07, 6.45) is 1.19. The molecule has 0 N–H and O–H groups in total. The maximum Gasteiger partial charge on any atom is 0.307 e. The fraction of sp³-hybridized carbons (Fsp3) is 0.778. The molecule has 0 saturated carbocycles. The van der Waals surface area contributed by atoms with Gasteiger partial charge in [-0.25, -0.2) is 0 Å². The summed E-state index contributed by atoms with van der Waals surface area (Å²) in [5.74, 6) is -0.542. The van der Waals surface area contributed by atoms with Crippen LogP contribution >= 0.6 is 0 Å². The van der Waals surface area contributed by atoms with E-state index in [2.05, 4.69) is 9.47 Å². The Bertz CT molecular complexity index is 158. The normalized spacial score (nSPS) is 9.57. The zero-order chi connectivity index (χ0) is 10.8. The van der Waals surface area contributed by atoms with Crippen molar-refractivity contribution in [3.63, 3.8) is 0 Å². The van der Waals surface area contributed by atoms with Crippen molar-refractivity contribution < 1.29 is 23.8 Å². The second-order valence-electron chi connectivity index (χ2n) is 2.62. The van der Waals surface area contributed by atoms with Crippen LogP contribution in [0.2, 0.25) is 0 Å². The summed E-state index contributed by atoms with van der Waals surface area (Å²) in [7, 11) is 2.68. The molecule has 0 heterocycles. The van der Waals surface area contributed by atoms with Crippen LogP contribution < -0.4 is 0 Å². The summed E-state index contributed by atoms with van der Waals surface area (Å²) in [5.41, 5.74) is 0. The summed E-state index contributed by atoms with van der Waals surface area (Å²) >= 11 is 0. The van der Waals surface area contributed by atoms with Gasteiger partial charge in [-0.2, -0.15) is 0 Å². The van der Waals surface area contributed by atoms with Crippen LogP contribution in [0.15, 0.2) is 0 Å². The van der Waals surface area contributed by atoms with Crippen molar-refractivity contribution in [1.29, 1.82) is 0 Å². The second kappa shape index (κ2) is 8.50. The van der Waals surface area contributed by atoms with Crippen LogP contribution in [0.4, 0.5) is 0 Å². The molecule has 0 aliphatic rings. The Kier molecular flexibility index (Phi) is 7.83. The molecule has 5 nitrogen and oxygen atoms in total. The maximum absolute atomic E-state index is 10.6. The molecule has 0 aliphatic heterocycles. The summed E-state index contributed by atoms with van der Waals surface area (Å²) < 4.78 is 14.0. The molecule has 0 atom stereocenters. The lowest BCUT2D eigenvalue weighted by Gasteiger charge is -2.02. The molecule has 0 aromatic rings. The highest BCUT2D eigenvalue weighted by atomic mass is 16.5. The lowest BCUT2D eigenvalue weighted by Crippen LogP contribution is -2.07. The first-order chi connectivity index (χ1) is 6.70. The van der Waals surface area contributed by atoms with Crippen molar-refractivity contribution in [3.8, 4) is 0 Å². The van der Waals surface area contributed by atoms with Gasteiger partial charge in [0.25, 0.3) is 0 Å². The number of hydrogen-bond acceptors (Lipinski definition) is 5. The van der Waals surface area contributed by atoms with Gasteiger partial charge in [-0.3, -0.25) is 9.59 Å². The smallest absolute Gasteiger partial charge is 0.307 e. The van der Waals surface area contributed by atoms with Gasteiger partial charge in [0, 0.05) is 13.0 Å². The van der Waals surface area contributed by atoms with E-state index in [9.17, 15) is 9.59 Å². The molecule has 0 amide bonds. The Hall–Kier alpha value is -1.10. The Morgan fingerprint density at radius 3 is 2.07 bits per heavy atom. The molecule has 0 rings (SSSR count). The van der Waals surface area contributed by atoms with E-state index in [0.29, 0.717) is 26.1 Å². The number of hydrogen-bond donors (Lipinski definition) is 0. The largest absolute Gasteiger partial charge is 0.469 e. The molecule has 0 unspecified atom stereocenters. The van der Waals surface area contributed by atoms with E-state index >= 15 is 0 Å². The van der Waals surface area contributed by atoms with Crippen LogP contribution in [-0.4, -0.2) is 39.4 Å². The highest BCUT2D eigenvalue weighted by Crippen LogP contribution is 1.94. The van der Waals surface area contributed by atoms with Crippen LogP contribution in [0, 0.1) is 0 Å². The minimum absolute atomic E-state index is 0.245. The van der Waals surface area contributed by atoms with Crippen molar-refractivity contribution in [2.24, 2.45) is 0 Å². The minimum Gasteiger partial charge on any atom is -0.469 e. The number of methoxy groups -OCH3 is 2. The van der Waals surface area contributed by atoms with Crippen molar-refractivity contribution in [2.75, 3.05) is 27.4 Å². The molecule has 14 heavy (non-hydrogen) atoms. The van der Waals surface area contributed by atoms with Gasteiger partial charge in [-0.05, 0) is 6.42 Å². The Labute approximate surface area is 83.3 Å². The molecule has 0 spiro atoms. The highest BCUT2D eigenvalue weighted by molar-refractivity contribution is 5.69. The van der Waals surface area contributed by atoms with E-state index < -0.39 is 0 Å². The third kappa shape index (κ3) is 7.54. The number of esters is 2. The standard InChI is InChI=1S/C9H16O5/c1-12-8(10)4-3-6-14-7-5-9(11)13-2/h3-7H2,1-2H3. The van der Waals surface area contributed by atoms with Gasteiger partial charge in [0.05, 0.1) is 27.2 Å². The Morgan fingerprint density at radius 1 is 0.929 bits per heavy atom. The number of carbonyl (C=O) groups is 2. The van der Waals surface area contributed by atoms with Crippen molar-refractivity contribution in [3.05, 3.63) is 0 Å². The van der Waals surface area contributed by atoms with E-state index in [0.717, 1.165) is 0 Å². The van der Waals surface area contributed by atoms with E-state index in [1.165, 1.54) is 14.2 Å². The van der Waals surface area contributed by atoms with E-state index in [-0.39, 0.29) is 18.4 Å². The number of carbonyl (C=O) groups excluding carboxylic acids is 2. The van der Waals surface area contributed by atoms with E-state index in [4.69, 9.17) is 4.74 Å². The van der Waals surface area contributed by atoms with Gasteiger partial charge in [-0.1, -0.05) is 0 Å². The first-order valence-corrected chi connectivity index (χ1v) is 4.42. The monoisotopic (exact) mass is 204 g/mol. The van der Waals surface area contributed by atoms with Gasteiger partial charge in [0.2, 0.25) is 0 Å². The summed E-state index contributed by atoms with van der Waals surface area (Å²) in [6, 6.07) is 0. The highest BCUT2D eigenvalue weighted by Gasteiger charge is 2.01. The van der Waals surface area contributed by atoms with Crippen molar-refractivity contribution >= 4 is 11.9 Å². The minimum atomic E-state index is -0.294. The van der Waals surface area contributed by atoms with Gasteiger partial charge in [0.1, 0.15) is 0 Å². The SMILES string of the molecule is COC(=O)CCCOCCC(=O)OC. The average Bonchev–Trinajstić information content (AvgIpc) is 2.22. The zero-order valence-corrected chi connectivity index (χ0v) is 8.58. The summed E-state index contributed by atoms with van der Waals surface area (Å²) in [4.78, 5) is 21.3. The molecule has 0 bridgehead atoms. The van der Waals surface area contributed by atoms with Crippen molar-refractivity contribution in [1.82, 2.24) is 0 Å². The van der Waals surface area contributed by atoms with Crippen LogP contribution in [0.1, 0.15) is 19.3 Å². The second-order valence-corrected chi connectivity index (χ2v) is 2.62. The van der Waals surface area contributed by atoms with Crippen LogP contribution in [0.5, 0.6) is 0 Å². The lowest BCUT2D eigenvalue weighted by atomic mass is 10.3. The summed E-state index contributed by atoms with van der Waals surface area (Å²) in [6.45, 7) is 0.778. The molecule has 0 aliphatic carbocycles. The predicted octanol–water partition coefficient (Wildman–Crippen LogP) is 0.519. The molecular weight excluding hydrogens is 188 g/mol. The molecule has 0 aromatic heterocycles. The van der Waals surface area contributed by atoms with Crippen LogP contribution in [-0.2, 0) is 23.8 Å². The molecule has 0 saturated heterocycles. The van der Waals surface area contributed by atoms with Gasteiger partial charge in [-0.15, -0.1) is 0 Å². The third-order valence-electron chi connectivity index (χ3n) is 1.58. The maximum atomic E-state index is 10.6. The average molecular weight is 204 g/mol. The first-order valence-electron chi connectivity index (χ1n) is 4.42. The quantitative estimate of drug-likeness (QED) is 0.447. The molecular formula is C9H16O5. The Morgan fingerprint density at radius 2 is 1.50 bits per heavy atom. The first kappa shape index (κ1) is 12.9. The van der Waals surface area contributed by atoms with Crippen LogP contribution in [0.25, 0.3) is 0 Å². The van der Waals surface area contributed by atoms with Crippen LogP contribution in [0.3, 0.4) is 0 Å². The molecule has 5 heteroatoms. The molecule has 82 valence electrons. The van der Waals surface area contributed by atoms with Crippen molar-refractivity contribution in [2.45, 2.75) is 19.3 Å². The van der Waals surface area contributed by atoms with Gasteiger partial charge in [0.15, 0.2) is 0 Å². The van der Waals surface area contributed by atoms with E-state index in [1.54, 1.807) is 0 Å². The number of ether oxygens (including phenoxy) is 3. The topological polar surface area (TPSA) is 61.8 Å². The zero-order valence-electron chi connectivity index (χ0n) is 8.58. The summed E-state index contributed by atoms with van der Waals surface area (Å²) in [5, 5.41) is 0. The number of rotatable bonds is 7. The predicted molar refractivity (Wildman–Crippen MR) is 48.7 cm³/mol. The molecule has 0 aromatic carbocycles. The fourth-order valence-corrected chi connectivity index (χ4v) is 0.780. The Balaban J connectivity index is 3.14. The van der Waals surface area contributed by atoms with Gasteiger partial charge < -0.3 is 14.2 Å². The fourth-order valence-electron chi connectivity index (χ4n) is 0.780. The van der Waals surface area contributed by atoms with Gasteiger partial charge >= 0.3 is 11.9 Å². The van der Waals surface area contributed by atoms with E-state index in [1.807, 2.05) is 0 Å². The molecule has 0 fully saturated rings. The lowest BCUT2D eigenvalue weighted by molar-refractivity contribution is -0.143. The molecule has 0 radical (unpaired) electrons. The third-order valence-corrected chi connectivity index (χ3v) is 1.58.